The van der Waals surface area contributed by atoms with Crippen LogP contribution < -0.4 is 0 Å². The Morgan fingerprint density at radius 1 is 0.500 bits per heavy atom. The topological polar surface area (TPSA) is 162 Å². The molecule has 0 aliphatic carbocycles. The van der Waals surface area contributed by atoms with Crippen LogP contribution in [0.15, 0.2) is 0 Å². The van der Waals surface area contributed by atoms with E-state index in [1.54, 1.807) is 0 Å². The lowest BCUT2D eigenvalue weighted by molar-refractivity contribution is -0.215. The van der Waals surface area contributed by atoms with Gasteiger partial charge >= 0.3 is 0 Å². The lowest BCUT2D eigenvalue weighted by Crippen LogP contribution is -2.48. The summed E-state index contributed by atoms with van der Waals surface area (Å²) in [7, 11) is 0. The van der Waals surface area contributed by atoms with Crippen LogP contribution in [-0.2, 0) is 0 Å². The van der Waals surface area contributed by atoms with Gasteiger partial charge in [-0.05, 0) is 0 Å². The molecule has 0 aliphatic rings. The van der Waals surface area contributed by atoms with Crippen molar-refractivity contribution in [2.45, 2.75) is 30.4 Å². The fourth-order valence-corrected chi connectivity index (χ4v) is 1.89. The van der Waals surface area contributed by atoms with Crippen LogP contribution in [-0.4, -0.2) is 71.3 Å². The van der Waals surface area contributed by atoms with Gasteiger partial charge in [-0.1, -0.05) is 0 Å². The highest BCUT2D eigenvalue weighted by Gasteiger charge is 2.41. The molecule has 98 valence electrons. The van der Waals surface area contributed by atoms with Crippen LogP contribution in [0.4, 0.5) is 0 Å². The number of aliphatic hydroxyl groups excluding tert-OH is 4. The molecule has 0 spiro atoms. The zero-order chi connectivity index (χ0) is 13.0. The second-order valence-corrected chi connectivity index (χ2v) is 3.90. The summed E-state index contributed by atoms with van der Waals surface area (Å²) in [6, 6.07) is 0. The van der Waals surface area contributed by atoms with Crippen LogP contribution in [0.1, 0.15) is 0 Å². The zero-order valence-electron chi connectivity index (χ0n) is 8.07. The highest BCUT2D eigenvalue weighted by Crippen LogP contribution is 2.27. The predicted molar refractivity (Wildman–Crippen MR) is 52.7 cm³/mol. The highest BCUT2D eigenvalue weighted by molar-refractivity contribution is 7.81. The Balaban J connectivity index is 4.88. The number of thiol groups is 1. The third-order valence-electron chi connectivity index (χ3n) is 2.17. The van der Waals surface area contributed by atoms with E-state index < -0.39 is 42.2 Å². The fraction of sp³-hybridized carbons (Fsp3) is 1.00. The lowest BCUT2D eigenvalue weighted by atomic mass is 9.91. The largest absolute Gasteiger partial charge is 0.368 e. The first kappa shape index (κ1) is 16.0. The van der Waals surface area contributed by atoms with Gasteiger partial charge in [-0.15, -0.1) is 0 Å². The summed E-state index contributed by atoms with van der Waals surface area (Å²) < 4.78 is 0. The van der Waals surface area contributed by atoms with E-state index >= 15 is 0 Å². The number of rotatable bonds is 6. The summed E-state index contributed by atoms with van der Waals surface area (Å²) in [6.45, 7) is 0. The molecule has 0 aromatic carbocycles. The Morgan fingerprint density at radius 3 is 0.812 bits per heavy atom. The summed E-state index contributed by atoms with van der Waals surface area (Å²) in [5.41, 5.74) is 0. The Kier molecular flexibility index (Phi) is 6.70. The molecule has 0 amide bonds. The van der Waals surface area contributed by atoms with Crippen LogP contribution in [0.5, 0.6) is 0 Å². The van der Waals surface area contributed by atoms with E-state index in [-0.39, 0.29) is 0 Å². The van der Waals surface area contributed by atoms with Crippen molar-refractivity contribution in [3.05, 3.63) is 0 Å². The minimum Gasteiger partial charge on any atom is -0.368 e. The van der Waals surface area contributed by atoms with E-state index in [9.17, 15) is 0 Å². The standard InChI is InChI=1S/C7H16O8S/c8-4(9)1(5(10)11)3(16)2(6(12)13)7(14)15/h1-16H. The van der Waals surface area contributed by atoms with Crippen LogP contribution in [0, 0.1) is 11.8 Å². The monoisotopic (exact) mass is 260 g/mol. The van der Waals surface area contributed by atoms with Gasteiger partial charge in [0.2, 0.25) is 0 Å². The molecular formula is C7H16O8S. The molecule has 0 saturated carbocycles. The van der Waals surface area contributed by atoms with E-state index in [0.717, 1.165) is 0 Å². The molecule has 8 nitrogen and oxygen atoms in total. The molecule has 0 unspecified atom stereocenters. The average molecular weight is 260 g/mol. The van der Waals surface area contributed by atoms with Crippen molar-refractivity contribution in [1.29, 1.82) is 0 Å². The molecule has 0 fully saturated rings. The van der Waals surface area contributed by atoms with Crippen molar-refractivity contribution < 1.29 is 40.9 Å². The van der Waals surface area contributed by atoms with Crippen LogP contribution in [0.2, 0.25) is 0 Å². The molecule has 0 aromatic heterocycles. The van der Waals surface area contributed by atoms with Crippen LogP contribution >= 0.6 is 12.6 Å². The maximum absolute atomic E-state index is 8.83. The van der Waals surface area contributed by atoms with Crippen molar-refractivity contribution in [2.24, 2.45) is 11.8 Å². The fourth-order valence-electron chi connectivity index (χ4n) is 1.27. The van der Waals surface area contributed by atoms with Gasteiger partial charge < -0.3 is 40.9 Å². The quantitative estimate of drug-likeness (QED) is 0.171. The first-order chi connectivity index (χ1) is 7.20. The van der Waals surface area contributed by atoms with Crippen LogP contribution in [0.3, 0.4) is 0 Å². The van der Waals surface area contributed by atoms with E-state index in [4.69, 9.17) is 40.9 Å². The maximum Gasteiger partial charge on any atom is 0.160 e. The predicted octanol–water partition coefficient (Wildman–Crippen LogP) is -4.24. The van der Waals surface area contributed by atoms with Gasteiger partial charge in [0.1, 0.15) is 0 Å². The normalized spacial score (nSPS) is 13.5. The molecule has 0 aliphatic heterocycles. The molecule has 0 radical (unpaired) electrons. The van der Waals surface area contributed by atoms with Gasteiger partial charge in [-0.3, -0.25) is 0 Å². The van der Waals surface area contributed by atoms with Gasteiger partial charge in [-0.2, -0.15) is 12.6 Å². The van der Waals surface area contributed by atoms with Crippen molar-refractivity contribution in [3.63, 3.8) is 0 Å². The van der Waals surface area contributed by atoms with E-state index in [2.05, 4.69) is 12.6 Å². The summed E-state index contributed by atoms with van der Waals surface area (Å²) in [4.78, 5) is 0. The van der Waals surface area contributed by atoms with Crippen molar-refractivity contribution in [1.82, 2.24) is 0 Å². The van der Waals surface area contributed by atoms with E-state index in [1.165, 1.54) is 0 Å². The van der Waals surface area contributed by atoms with Gasteiger partial charge in [0.15, 0.2) is 25.2 Å². The minimum atomic E-state index is -2.22. The Bertz CT molecular complexity index is 161. The molecule has 0 saturated heterocycles. The van der Waals surface area contributed by atoms with Gasteiger partial charge in [0.05, 0.1) is 11.8 Å². The Morgan fingerprint density at radius 2 is 0.688 bits per heavy atom. The molecule has 0 heterocycles. The molecule has 8 N–H and O–H groups in total. The third kappa shape index (κ3) is 4.13. The average Bonchev–Trinajstić information content (AvgIpc) is 1.99. The minimum absolute atomic E-state index is 1.47. The number of hydrogen-bond acceptors (Lipinski definition) is 9. The Labute approximate surface area is 96.4 Å². The number of aliphatic hydroxyl groups is 8. The first-order valence-corrected chi connectivity index (χ1v) is 4.84. The van der Waals surface area contributed by atoms with Crippen molar-refractivity contribution >= 4 is 12.6 Å². The summed E-state index contributed by atoms with van der Waals surface area (Å²) in [6.07, 6.45) is -8.88. The lowest BCUT2D eigenvalue weighted by Gasteiger charge is -2.33. The summed E-state index contributed by atoms with van der Waals surface area (Å²) >= 11 is 3.70. The second kappa shape index (κ2) is 6.69. The van der Waals surface area contributed by atoms with Gasteiger partial charge in [-0.25, -0.2) is 0 Å². The summed E-state index contributed by atoms with van der Waals surface area (Å²) in [5, 5.41) is 69.1. The second-order valence-electron chi connectivity index (χ2n) is 3.30. The van der Waals surface area contributed by atoms with Gasteiger partial charge in [0, 0.05) is 5.25 Å². The SMILES string of the molecule is OC(O)C(C(O)O)C(S)C(C(O)O)C(O)O. The van der Waals surface area contributed by atoms with Crippen molar-refractivity contribution in [3.8, 4) is 0 Å². The Hall–Kier alpha value is 0.0300. The van der Waals surface area contributed by atoms with Gasteiger partial charge in [0.25, 0.3) is 0 Å². The molecule has 0 aromatic rings. The number of hydrogen-bond donors (Lipinski definition) is 9. The molecule has 0 atom stereocenters. The molecular weight excluding hydrogens is 244 g/mol. The highest BCUT2D eigenvalue weighted by atomic mass is 32.1. The molecule has 16 heavy (non-hydrogen) atoms. The molecule has 0 rings (SSSR count). The van der Waals surface area contributed by atoms with E-state index in [1.807, 2.05) is 0 Å². The zero-order valence-corrected chi connectivity index (χ0v) is 8.96. The maximum atomic E-state index is 8.83. The first-order valence-electron chi connectivity index (χ1n) is 4.32. The molecule has 0 bridgehead atoms. The summed E-state index contributed by atoms with van der Waals surface area (Å²) in [5.74, 6) is -3.39. The smallest absolute Gasteiger partial charge is 0.160 e. The molecule has 9 heteroatoms. The van der Waals surface area contributed by atoms with E-state index in [0.29, 0.717) is 0 Å². The van der Waals surface area contributed by atoms with Crippen LogP contribution in [0.25, 0.3) is 0 Å². The van der Waals surface area contributed by atoms with Crippen molar-refractivity contribution in [2.75, 3.05) is 0 Å². The third-order valence-corrected chi connectivity index (χ3v) is 2.85.